The van der Waals surface area contributed by atoms with Gasteiger partial charge in [-0.05, 0) is 95.0 Å². The molecule has 1 nitrogen and oxygen atoms in total. The van der Waals surface area contributed by atoms with E-state index in [-0.39, 0.29) is 0 Å². The smallest absolute Gasteiger partial charge is 0.119 e. The third-order valence-electron chi connectivity index (χ3n) is 6.36. The van der Waals surface area contributed by atoms with Gasteiger partial charge in [0.2, 0.25) is 0 Å². The Bertz CT molecular complexity index is 1210. The van der Waals surface area contributed by atoms with E-state index < -0.39 is 0 Å². The molecular weight excluding hydrogens is 364 g/mol. The van der Waals surface area contributed by atoms with Crippen molar-refractivity contribution in [3.05, 3.63) is 101 Å². The van der Waals surface area contributed by atoms with Gasteiger partial charge >= 0.3 is 0 Å². The summed E-state index contributed by atoms with van der Waals surface area (Å²) in [4.78, 5) is 0. The van der Waals surface area contributed by atoms with Crippen molar-refractivity contribution in [2.24, 2.45) is 0 Å². The van der Waals surface area contributed by atoms with Gasteiger partial charge in [-0.15, -0.1) is 0 Å². The molecule has 4 aromatic carbocycles. The van der Waals surface area contributed by atoms with Crippen LogP contribution in [0.3, 0.4) is 0 Å². The zero-order valence-electron chi connectivity index (χ0n) is 17.8. The summed E-state index contributed by atoms with van der Waals surface area (Å²) < 4.78 is 5.70. The van der Waals surface area contributed by atoms with Gasteiger partial charge in [-0.3, -0.25) is 0 Å². The summed E-state index contributed by atoms with van der Waals surface area (Å²) >= 11 is 0. The first-order valence-electron chi connectivity index (χ1n) is 10.7. The highest BCUT2D eigenvalue weighted by atomic mass is 16.5. The Hall–Kier alpha value is -3.32. The molecular formula is C29H26O. The Morgan fingerprint density at radius 2 is 1.33 bits per heavy atom. The van der Waals surface area contributed by atoms with Crippen LogP contribution in [-0.2, 0) is 6.42 Å². The molecule has 30 heavy (non-hydrogen) atoms. The van der Waals surface area contributed by atoms with Crippen molar-refractivity contribution in [2.75, 3.05) is 6.61 Å². The zero-order valence-corrected chi connectivity index (χ0v) is 17.8. The Morgan fingerprint density at radius 1 is 0.667 bits per heavy atom. The topological polar surface area (TPSA) is 9.23 Å². The summed E-state index contributed by atoms with van der Waals surface area (Å²) in [6.45, 7) is 7.27. The second kappa shape index (κ2) is 7.50. The molecule has 0 aliphatic heterocycles. The van der Waals surface area contributed by atoms with E-state index in [2.05, 4.69) is 92.7 Å². The number of ether oxygens (including phenoxy) is 1. The third-order valence-corrected chi connectivity index (χ3v) is 6.36. The van der Waals surface area contributed by atoms with E-state index in [4.69, 9.17) is 4.74 Å². The second-order valence-electron chi connectivity index (χ2n) is 8.01. The van der Waals surface area contributed by atoms with Crippen LogP contribution >= 0.6 is 0 Å². The molecule has 0 unspecified atom stereocenters. The van der Waals surface area contributed by atoms with Gasteiger partial charge in [0, 0.05) is 0 Å². The third kappa shape index (κ3) is 2.93. The largest absolute Gasteiger partial charge is 0.494 e. The predicted octanol–water partition coefficient (Wildman–Crippen LogP) is 7.61. The molecule has 1 heteroatoms. The lowest BCUT2D eigenvalue weighted by atomic mass is 9.82. The van der Waals surface area contributed by atoms with E-state index in [0.29, 0.717) is 6.61 Å². The van der Waals surface area contributed by atoms with Gasteiger partial charge in [0.1, 0.15) is 5.75 Å². The van der Waals surface area contributed by atoms with E-state index in [1.165, 1.54) is 55.6 Å². The Balaban J connectivity index is 1.86. The summed E-state index contributed by atoms with van der Waals surface area (Å²) in [5.74, 6) is 0.920. The minimum atomic E-state index is 0.682. The first-order valence-corrected chi connectivity index (χ1v) is 10.7. The second-order valence-corrected chi connectivity index (χ2v) is 8.01. The first-order chi connectivity index (χ1) is 14.7. The number of hydrogen-bond acceptors (Lipinski definition) is 1. The van der Waals surface area contributed by atoms with Gasteiger partial charge in [0.25, 0.3) is 0 Å². The SMILES string of the molecule is CCOc1ccc(-c2c(-c3ccccc3)c(C)c(C)c3c2-c2ccccc2C3)cc1. The van der Waals surface area contributed by atoms with Gasteiger partial charge in [-0.25, -0.2) is 0 Å². The van der Waals surface area contributed by atoms with E-state index in [1.807, 2.05) is 6.92 Å². The summed E-state index contributed by atoms with van der Waals surface area (Å²) in [6, 6.07) is 28.3. The molecule has 148 valence electrons. The van der Waals surface area contributed by atoms with Crippen LogP contribution in [0.1, 0.15) is 29.2 Å². The maximum Gasteiger partial charge on any atom is 0.119 e. The summed E-state index contributed by atoms with van der Waals surface area (Å²) in [7, 11) is 0. The van der Waals surface area contributed by atoms with E-state index >= 15 is 0 Å². The van der Waals surface area contributed by atoms with E-state index in [1.54, 1.807) is 0 Å². The van der Waals surface area contributed by atoms with Crippen molar-refractivity contribution in [3.63, 3.8) is 0 Å². The summed E-state index contributed by atoms with van der Waals surface area (Å²) in [5.41, 5.74) is 13.6. The lowest BCUT2D eigenvalue weighted by Gasteiger charge is -2.22. The molecule has 0 bridgehead atoms. The molecule has 1 aliphatic carbocycles. The van der Waals surface area contributed by atoms with Crippen LogP contribution in [0.2, 0.25) is 0 Å². The van der Waals surface area contributed by atoms with Gasteiger partial charge in [-0.1, -0.05) is 66.7 Å². The zero-order chi connectivity index (χ0) is 20.7. The molecule has 0 saturated heterocycles. The molecule has 4 aromatic rings. The van der Waals surface area contributed by atoms with Crippen molar-refractivity contribution in [2.45, 2.75) is 27.2 Å². The highest BCUT2D eigenvalue weighted by Gasteiger charge is 2.28. The molecule has 1 aliphatic rings. The van der Waals surface area contributed by atoms with Crippen molar-refractivity contribution >= 4 is 0 Å². The highest BCUT2D eigenvalue weighted by Crippen LogP contribution is 2.50. The van der Waals surface area contributed by atoms with Crippen LogP contribution in [0, 0.1) is 13.8 Å². The number of hydrogen-bond donors (Lipinski definition) is 0. The monoisotopic (exact) mass is 390 g/mol. The lowest BCUT2D eigenvalue weighted by Crippen LogP contribution is -1.99. The Morgan fingerprint density at radius 3 is 2.07 bits per heavy atom. The molecule has 0 N–H and O–H groups in total. The molecule has 0 atom stereocenters. The average Bonchev–Trinajstić information content (AvgIpc) is 3.17. The molecule has 0 amide bonds. The highest BCUT2D eigenvalue weighted by molar-refractivity contribution is 6.00. The molecule has 0 aromatic heterocycles. The number of benzene rings is 4. The molecule has 0 fully saturated rings. The normalized spacial score (nSPS) is 11.8. The fraction of sp³-hybridized carbons (Fsp3) is 0.172. The first kappa shape index (κ1) is 18.7. The van der Waals surface area contributed by atoms with E-state index in [9.17, 15) is 0 Å². The molecule has 0 radical (unpaired) electrons. The van der Waals surface area contributed by atoms with Crippen LogP contribution in [0.4, 0.5) is 0 Å². The van der Waals surface area contributed by atoms with Crippen LogP contribution in [0.25, 0.3) is 33.4 Å². The molecule has 0 spiro atoms. The minimum Gasteiger partial charge on any atom is -0.494 e. The van der Waals surface area contributed by atoms with Crippen molar-refractivity contribution in [3.8, 4) is 39.1 Å². The van der Waals surface area contributed by atoms with Crippen molar-refractivity contribution < 1.29 is 4.74 Å². The fourth-order valence-electron chi connectivity index (χ4n) is 4.83. The van der Waals surface area contributed by atoms with Gasteiger partial charge in [-0.2, -0.15) is 0 Å². The van der Waals surface area contributed by atoms with Crippen LogP contribution in [-0.4, -0.2) is 6.61 Å². The summed E-state index contributed by atoms with van der Waals surface area (Å²) in [6.07, 6.45) is 1.01. The lowest BCUT2D eigenvalue weighted by molar-refractivity contribution is 0.340. The van der Waals surface area contributed by atoms with Crippen molar-refractivity contribution in [1.29, 1.82) is 0 Å². The average molecular weight is 391 g/mol. The van der Waals surface area contributed by atoms with Gasteiger partial charge in [0.05, 0.1) is 6.61 Å². The molecule has 0 heterocycles. The van der Waals surface area contributed by atoms with E-state index in [0.717, 1.165) is 12.2 Å². The Kier molecular flexibility index (Phi) is 4.67. The molecule has 0 saturated carbocycles. The van der Waals surface area contributed by atoms with Crippen LogP contribution in [0.5, 0.6) is 5.75 Å². The minimum absolute atomic E-state index is 0.682. The maximum atomic E-state index is 5.70. The number of rotatable bonds is 4. The standard InChI is InChI=1S/C29H26O/c1-4-30-24-16-14-22(15-17-24)28-27(21-10-6-5-7-11-21)20(3)19(2)26-18-23-12-8-9-13-25(23)29(26)28/h5-17H,4,18H2,1-3H3. The summed E-state index contributed by atoms with van der Waals surface area (Å²) in [5, 5.41) is 0. The Labute approximate surface area is 179 Å². The van der Waals surface area contributed by atoms with Crippen molar-refractivity contribution in [1.82, 2.24) is 0 Å². The maximum absolute atomic E-state index is 5.70. The predicted molar refractivity (Wildman–Crippen MR) is 126 cm³/mol. The molecule has 5 rings (SSSR count). The van der Waals surface area contributed by atoms with Crippen LogP contribution in [0.15, 0.2) is 78.9 Å². The van der Waals surface area contributed by atoms with Crippen LogP contribution < -0.4 is 4.74 Å². The van der Waals surface area contributed by atoms with Gasteiger partial charge < -0.3 is 4.74 Å². The number of fused-ring (bicyclic) bond motifs is 3. The quantitative estimate of drug-likeness (QED) is 0.307. The fourth-order valence-corrected chi connectivity index (χ4v) is 4.83. The van der Waals surface area contributed by atoms with Gasteiger partial charge in [0.15, 0.2) is 0 Å².